The summed E-state index contributed by atoms with van der Waals surface area (Å²) < 4.78 is 0. The summed E-state index contributed by atoms with van der Waals surface area (Å²) >= 11 is 5.84. The minimum Gasteiger partial charge on any atom is -0.398 e. The van der Waals surface area contributed by atoms with Crippen molar-refractivity contribution in [1.29, 1.82) is 0 Å². The summed E-state index contributed by atoms with van der Waals surface area (Å²) in [6.45, 7) is 2.54. The van der Waals surface area contributed by atoms with Crippen LogP contribution in [-0.2, 0) is 11.3 Å². The van der Waals surface area contributed by atoms with Crippen LogP contribution in [0.15, 0.2) is 48.5 Å². The molecule has 0 bridgehead atoms. The molecule has 0 fully saturated rings. The Morgan fingerprint density at radius 1 is 1.24 bits per heavy atom. The first-order valence-electron chi connectivity index (χ1n) is 6.61. The molecule has 0 unspecified atom stereocenters. The zero-order valence-corrected chi connectivity index (χ0v) is 12.5. The zero-order valence-electron chi connectivity index (χ0n) is 11.8. The van der Waals surface area contributed by atoms with Gasteiger partial charge in [-0.3, -0.25) is 4.79 Å². The molecule has 0 heterocycles. The van der Waals surface area contributed by atoms with Crippen LogP contribution in [-0.4, -0.2) is 5.91 Å². The van der Waals surface area contributed by atoms with Gasteiger partial charge in [-0.25, -0.2) is 0 Å². The lowest BCUT2D eigenvalue weighted by Gasteiger charge is -2.03. The van der Waals surface area contributed by atoms with Gasteiger partial charge in [0.2, 0.25) is 5.91 Å². The van der Waals surface area contributed by atoms with E-state index < -0.39 is 0 Å². The monoisotopic (exact) mass is 300 g/mol. The smallest absolute Gasteiger partial charge is 0.244 e. The number of aryl methyl sites for hydroxylation is 1. The zero-order chi connectivity index (χ0) is 15.2. The molecule has 2 aromatic carbocycles. The van der Waals surface area contributed by atoms with E-state index in [2.05, 4.69) is 5.32 Å². The molecule has 3 N–H and O–H groups in total. The molecule has 0 aliphatic carbocycles. The van der Waals surface area contributed by atoms with E-state index in [0.717, 1.165) is 11.1 Å². The van der Waals surface area contributed by atoms with E-state index in [4.69, 9.17) is 17.3 Å². The summed E-state index contributed by atoms with van der Waals surface area (Å²) in [5.41, 5.74) is 9.31. The Bertz CT molecular complexity index is 663. The van der Waals surface area contributed by atoms with Crippen LogP contribution in [0.2, 0.25) is 5.02 Å². The molecule has 0 aliphatic heterocycles. The van der Waals surface area contributed by atoms with Crippen LogP contribution in [0.3, 0.4) is 0 Å². The van der Waals surface area contributed by atoms with Crippen LogP contribution < -0.4 is 11.1 Å². The van der Waals surface area contributed by atoms with Crippen LogP contribution >= 0.6 is 11.6 Å². The normalized spacial score (nSPS) is 10.8. The van der Waals surface area contributed by atoms with Gasteiger partial charge >= 0.3 is 0 Å². The van der Waals surface area contributed by atoms with E-state index in [0.29, 0.717) is 17.3 Å². The van der Waals surface area contributed by atoms with Crippen molar-refractivity contribution in [3.05, 3.63) is 70.3 Å². The quantitative estimate of drug-likeness (QED) is 0.670. The highest BCUT2D eigenvalue weighted by Crippen LogP contribution is 2.20. The van der Waals surface area contributed by atoms with E-state index in [1.165, 1.54) is 11.6 Å². The molecular weight excluding hydrogens is 284 g/mol. The van der Waals surface area contributed by atoms with Gasteiger partial charge in [0, 0.05) is 12.6 Å². The first-order chi connectivity index (χ1) is 10.0. The second-order valence-corrected chi connectivity index (χ2v) is 5.22. The first kappa shape index (κ1) is 15.1. The summed E-state index contributed by atoms with van der Waals surface area (Å²) in [6.07, 6.45) is 3.19. The van der Waals surface area contributed by atoms with Gasteiger partial charge in [0.05, 0.1) is 10.7 Å². The molecular formula is C17H17ClN2O. The Kier molecular flexibility index (Phi) is 5.01. The summed E-state index contributed by atoms with van der Waals surface area (Å²) in [6, 6.07) is 13.3. The molecule has 0 aromatic heterocycles. The predicted octanol–water partition coefficient (Wildman–Crippen LogP) is 3.56. The Balaban J connectivity index is 1.90. The molecule has 0 aliphatic rings. The van der Waals surface area contributed by atoms with Crippen molar-refractivity contribution in [2.24, 2.45) is 0 Å². The third kappa shape index (κ3) is 4.65. The number of carbonyl (C=O) groups is 1. The molecule has 2 rings (SSSR count). The van der Waals surface area contributed by atoms with Gasteiger partial charge in [0.25, 0.3) is 0 Å². The fourth-order valence-electron chi connectivity index (χ4n) is 1.79. The maximum atomic E-state index is 11.8. The summed E-state index contributed by atoms with van der Waals surface area (Å²) in [5, 5.41) is 3.34. The molecule has 0 saturated heterocycles. The van der Waals surface area contributed by atoms with Crippen LogP contribution in [0.4, 0.5) is 5.69 Å². The summed E-state index contributed by atoms with van der Waals surface area (Å²) in [4.78, 5) is 11.8. The Morgan fingerprint density at radius 2 is 1.95 bits per heavy atom. The number of nitrogens with one attached hydrogen (secondary N) is 1. The minimum atomic E-state index is -0.149. The number of nitrogen functional groups attached to an aromatic ring is 1. The molecule has 21 heavy (non-hydrogen) atoms. The number of hydrogen-bond donors (Lipinski definition) is 2. The van der Waals surface area contributed by atoms with Crippen LogP contribution in [0.25, 0.3) is 6.08 Å². The number of rotatable bonds is 4. The van der Waals surface area contributed by atoms with E-state index >= 15 is 0 Å². The Morgan fingerprint density at radius 3 is 2.62 bits per heavy atom. The largest absolute Gasteiger partial charge is 0.398 e. The van der Waals surface area contributed by atoms with Crippen molar-refractivity contribution >= 4 is 29.3 Å². The van der Waals surface area contributed by atoms with Gasteiger partial charge in [-0.05, 0) is 36.3 Å². The third-order valence-electron chi connectivity index (χ3n) is 3.03. The van der Waals surface area contributed by atoms with Crippen molar-refractivity contribution < 1.29 is 4.79 Å². The van der Waals surface area contributed by atoms with Crippen LogP contribution in [0.1, 0.15) is 16.7 Å². The van der Waals surface area contributed by atoms with Crippen molar-refractivity contribution in [3.8, 4) is 0 Å². The number of benzene rings is 2. The second kappa shape index (κ2) is 6.95. The Hall–Kier alpha value is -2.26. The fraction of sp³-hybridized carbons (Fsp3) is 0.118. The lowest BCUT2D eigenvalue weighted by Crippen LogP contribution is -2.20. The predicted molar refractivity (Wildman–Crippen MR) is 87.9 cm³/mol. The molecule has 0 radical (unpaired) electrons. The van der Waals surface area contributed by atoms with Crippen LogP contribution in [0, 0.1) is 6.92 Å². The van der Waals surface area contributed by atoms with Crippen molar-refractivity contribution in [2.45, 2.75) is 13.5 Å². The van der Waals surface area contributed by atoms with E-state index in [1.807, 2.05) is 37.3 Å². The van der Waals surface area contributed by atoms with Gasteiger partial charge in [-0.15, -0.1) is 0 Å². The van der Waals surface area contributed by atoms with Crippen molar-refractivity contribution in [1.82, 2.24) is 5.32 Å². The number of nitrogens with two attached hydrogens (primary N) is 1. The lowest BCUT2D eigenvalue weighted by molar-refractivity contribution is -0.116. The van der Waals surface area contributed by atoms with E-state index in [1.54, 1.807) is 18.2 Å². The second-order valence-electron chi connectivity index (χ2n) is 4.82. The first-order valence-corrected chi connectivity index (χ1v) is 6.99. The van der Waals surface area contributed by atoms with Gasteiger partial charge in [-0.2, -0.15) is 0 Å². The summed E-state index contributed by atoms with van der Waals surface area (Å²) in [7, 11) is 0. The molecule has 4 heteroatoms. The van der Waals surface area contributed by atoms with Gasteiger partial charge < -0.3 is 11.1 Å². The number of halogens is 1. The van der Waals surface area contributed by atoms with E-state index in [-0.39, 0.29) is 5.91 Å². The molecule has 0 saturated carbocycles. The molecule has 0 atom stereocenters. The molecule has 0 spiro atoms. The molecule has 1 amide bonds. The third-order valence-corrected chi connectivity index (χ3v) is 3.38. The maximum absolute atomic E-state index is 11.8. The number of anilines is 1. The van der Waals surface area contributed by atoms with Gasteiger partial charge in [0.15, 0.2) is 0 Å². The molecule has 3 nitrogen and oxygen atoms in total. The number of amides is 1. The SMILES string of the molecule is Cc1ccc(CNC(=O)/C=C/c2ccc(Cl)c(N)c2)cc1. The average molecular weight is 301 g/mol. The standard InChI is InChI=1S/C17H17ClN2O/c1-12-2-4-14(5-3-12)11-20-17(21)9-7-13-6-8-15(18)16(19)10-13/h2-10H,11,19H2,1H3,(H,20,21)/b9-7+. The van der Waals surface area contributed by atoms with E-state index in [9.17, 15) is 4.79 Å². The topological polar surface area (TPSA) is 55.1 Å². The fourth-order valence-corrected chi connectivity index (χ4v) is 1.91. The highest BCUT2D eigenvalue weighted by Gasteiger charge is 1.98. The minimum absolute atomic E-state index is 0.149. The van der Waals surface area contributed by atoms with Crippen molar-refractivity contribution in [3.63, 3.8) is 0 Å². The average Bonchev–Trinajstić information content (AvgIpc) is 2.48. The van der Waals surface area contributed by atoms with Crippen LogP contribution in [0.5, 0.6) is 0 Å². The Labute approximate surface area is 129 Å². The van der Waals surface area contributed by atoms with Gasteiger partial charge in [-0.1, -0.05) is 47.5 Å². The maximum Gasteiger partial charge on any atom is 0.244 e. The molecule has 108 valence electrons. The number of carbonyl (C=O) groups excluding carboxylic acids is 1. The highest BCUT2D eigenvalue weighted by molar-refractivity contribution is 6.33. The van der Waals surface area contributed by atoms with Crippen molar-refractivity contribution in [2.75, 3.05) is 5.73 Å². The van der Waals surface area contributed by atoms with Gasteiger partial charge in [0.1, 0.15) is 0 Å². The number of hydrogen-bond acceptors (Lipinski definition) is 2. The molecule has 2 aromatic rings. The highest BCUT2D eigenvalue weighted by atomic mass is 35.5. The lowest BCUT2D eigenvalue weighted by atomic mass is 10.1. The summed E-state index contributed by atoms with van der Waals surface area (Å²) in [5.74, 6) is -0.149.